The van der Waals surface area contributed by atoms with Crippen molar-refractivity contribution in [2.24, 2.45) is 23.2 Å². The Morgan fingerprint density at radius 2 is 1.43 bits per heavy atom. The molecule has 4 heteroatoms. The first-order chi connectivity index (χ1) is 14.1. The molecule has 4 saturated carbocycles. The zero-order valence-electron chi connectivity index (χ0n) is 19.2. The van der Waals surface area contributed by atoms with Gasteiger partial charge in [-0.3, -0.25) is 4.84 Å². The normalized spacial score (nSPS) is 36.5. The Kier molecular flexibility index (Phi) is 4.65. The van der Waals surface area contributed by atoms with Gasteiger partial charge in [-0.25, -0.2) is 4.79 Å². The summed E-state index contributed by atoms with van der Waals surface area (Å²) in [7, 11) is 1.49. The van der Waals surface area contributed by atoms with E-state index < -0.39 is 6.10 Å². The molecule has 1 atom stereocenters. The van der Waals surface area contributed by atoms with Gasteiger partial charge in [0, 0.05) is 0 Å². The van der Waals surface area contributed by atoms with Crippen LogP contribution in [0.5, 0.6) is 0 Å². The van der Waals surface area contributed by atoms with E-state index in [0.717, 1.165) is 24.2 Å². The van der Waals surface area contributed by atoms with Crippen LogP contribution in [0.15, 0.2) is 24.3 Å². The molecule has 0 spiro atoms. The van der Waals surface area contributed by atoms with E-state index >= 15 is 0 Å². The quantitative estimate of drug-likeness (QED) is 0.595. The van der Waals surface area contributed by atoms with Gasteiger partial charge in [-0.1, -0.05) is 24.3 Å². The van der Waals surface area contributed by atoms with Gasteiger partial charge in [0.15, 0.2) is 6.10 Å². The van der Waals surface area contributed by atoms with Crippen molar-refractivity contribution in [3.05, 3.63) is 35.4 Å². The number of carbonyl (C=O) groups excluding carboxylic acids is 1. The molecule has 4 fully saturated rings. The van der Waals surface area contributed by atoms with Gasteiger partial charge in [-0.2, -0.15) is 5.06 Å². The molecule has 4 nitrogen and oxygen atoms in total. The van der Waals surface area contributed by atoms with Crippen LogP contribution < -0.4 is 0 Å². The van der Waals surface area contributed by atoms with E-state index in [-0.39, 0.29) is 22.5 Å². The zero-order chi connectivity index (χ0) is 21.3. The van der Waals surface area contributed by atoms with Gasteiger partial charge >= 0.3 is 5.97 Å². The SMILES string of the molecule is COC(=O)C(CC12CC3CC(CC(C3)C1)C2)ON1C(C)(C)c2ccccc2C1(C)C. The van der Waals surface area contributed by atoms with Gasteiger partial charge in [0.05, 0.1) is 18.2 Å². The molecule has 4 aliphatic carbocycles. The third kappa shape index (κ3) is 3.05. The lowest BCUT2D eigenvalue weighted by Gasteiger charge is -2.57. The summed E-state index contributed by atoms with van der Waals surface area (Å²) < 4.78 is 5.26. The molecule has 0 N–H and O–H groups in total. The molecule has 0 amide bonds. The molecule has 1 aromatic carbocycles. The van der Waals surface area contributed by atoms with E-state index in [4.69, 9.17) is 9.57 Å². The monoisotopic (exact) mass is 411 g/mol. The second-order valence-corrected chi connectivity index (χ2v) is 11.7. The Bertz CT molecular complexity index is 772. The number of rotatable bonds is 5. The highest BCUT2D eigenvalue weighted by atomic mass is 16.7. The minimum absolute atomic E-state index is 0.228. The molecule has 5 aliphatic rings. The van der Waals surface area contributed by atoms with Crippen molar-refractivity contribution in [1.29, 1.82) is 0 Å². The highest BCUT2D eigenvalue weighted by Crippen LogP contribution is 2.62. The number of hydrogen-bond acceptors (Lipinski definition) is 4. The highest BCUT2D eigenvalue weighted by Gasteiger charge is 2.55. The predicted molar refractivity (Wildman–Crippen MR) is 116 cm³/mol. The molecule has 4 bridgehead atoms. The van der Waals surface area contributed by atoms with Crippen LogP contribution in [-0.2, 0) is 25.4 Å². The Morgan fingerprint density at radius 3 is 1.87 bits per heavy atom. The summed E-state index contributed by atoms with van der Waals surface area (Å²) in [5, 5.41) is 2.08. The number of ether oxygens (including phenoxy) is 1. The summed E-state index contributed by atoms with van der Waals surface area (Å²) in [5.74, 6) is 2.35. The molecule has 1 aliphatic heterocycles. The number of esters is 1. The first-order valence-electron chi connectivity index (χ1n) is 11.8. The van der Waals surface area contributed by atoms with Crippen LogP contribution in [0.4, 0.5) is 0 Å². The third-order valence-electron chi connectivity index (χ3n) is 8.74. The van der Waals surface area contributed by atoms with Crippen LogP contribution in [0.2, 0.25) is 0 Å². The smallest absolute Gasteiger partial charge is 0.337 e. The van der Waals surface area contributed by atoms with Crippen molar-refractivity contribution in [3.63, 3.8) is 0 Å². The van der Waals surface area contributed by atoms with Crippen molar-refractivity contribution < 1.29 is 14.4 Å². The van der Waals surface area contributed by atoms with Crippen molar-refractivity contribution >= 4 is 5.97 Å². The lowest BCUT2D eigenvalue weighted by atomic mass is 9.48. The Hall–Kier alpha value is -1.39. The maximum Gasteiger partial charge on any atom is 0.337 e. The standard InChI is InChI=1S/C26H37NO3/c1-24(2)20-8-6-7-9-21(20)25(3,4)27(24)30-22(23(28)29-5)16-26-13-17-10-18(14-26)12-19(11-17)15-26/h6-9,17-19,22H,10-16H2,1-5H3. The summed E-state index contributed by atoms with van der Waals surface area (Å²) in [4.78, 5) is 19.6. The van der Waals surface area contributed by atoms with Gasteiger partial charge in [0.1, 0.15) is 0 Å². The fourth-order valence-corrected chi connectivity index (χ4v) is 8.09. The molecule has 1 aromatic rings. The van der Waals surface area contributed by atoms with E-state index in [9.17, 15) is 4.79 Å². The lowest BCUT2D eigenvalue weighted by Crippen LogP contribution is -2.52. The number of hydroxylamine groups is 2. The van der Waals surface area contributed by atoms with E-state index in [1.807, 2.05) is 0 Å². The summed E-state index contributed by atoms with van der Waals surface area (Å²) in [5.41, 5.74) is 2.18. The topological polar surface area (TPSA) is 38.8 Å². The van der Waals surface area contributed by atoms with Crippen molar-refractivity contribution in [3.8, 4) is 0 Å². The first-order valence-corrected chi connectivity index (χ1v) is 11.8. The average Bonchev–Trinajstić information content (AvgIpc) is 2.83. The van der Waals surface area contributed by atoms with Crippen LogP contribution in [0, 0.1) is 23.2 Å². The molecule has 164 valence electrons. The van der Waals surface area contributed by atoms with Crippen LogP contribution >= 0.6 is 0 Å². The van der Waals surface area contributed by atoms with E-state index in [1.165, 1.54) is 56.8 Å². The maximum absolute atomic E-state index is 12.9. The van der Waals surface area contributed by atoms with E-state index in [0.29, 0.717) is 0 Å². The molecular formula is C26H37NO3. The van der Waals surface area contributed by atoms with Gasteiger partial charge in [-0.05, 0) is 107 Å². The number of hydrogen-bond donors (Lipinski definition) is 0. The number of methoxy groups -OCH3 is 1. The second-order valence-electron chi connectivity index (χ2n) is 11.7. The second kappa shape index (κ2) is 6.80. The molecule has 0 radical (unpaired) electrons. The third-order valence-corrected chi connectivity index (χ3v) is 8.74. The summed E-state index contributed by atoms with van der Waals surface area (Å²) in [6.45, 7) is 8.78. The molecule has 30 heavy (non-hydrogen) atoms. The van der Waals surface area contributed by atoms with Gasteiger partial charge in [0.25, 0.3) is 0 Å². The van der Waals surface area contributed by atoms with E-state index in [2.05, 4.69) is 57.0 Å². The minimum atomic E-state index is -0.542. The number of fused-ring (bicyclic) bond motifs is 1. The van der Waals surface area contributed by atoms with Crippen LogP contribution in [0.3, 0.4) is 0 Å². The van der Waals surface area contributed by atoms with Gasteiger partial charge in [0.2, 0.25) is 0 Å². The Balaban J connectivity index is 1.43. The molecule has 1 unspecified atom stereocenters. The summed E-state index contributed by atoms with van der Waals surface area (Å²) in [6.07, 6.45) is 8.27. The predicted octanol–water partition coefficient (Wildman–Crippen LogP) is 5.55. The molecule has 0 saturated heterocycles. The van der Waals surface area contributed by atoms with Gasteiger partial charge in [-0.15, -0.1) is 0 Å². The molecule has 0 aromatic heterocycles. The Labute approximate surface area is 181 Å². The summed E-state index contributed by atoms with van der Waals surface area (Å²) >= 11 is 0. The van der Waals surface area contributed by atoms with Crippen molar-refractivity contribution in [1.82, 2.24) is 5.06 Å². The fourth-order valence-electron chi connectivity index (χ4n) is 8.09. The molecule has 1 heterocycles. The fraction of sp³-hybridized carbons (Fsp3) is 0.731. The number of carbonyl (C=O) groups is 1. The minimum Gasteiger partial charge on any atom is -0.467 e. The zero-order valence-corrected chi connectivity index (χ0v) is 19.2. The number of benzene rings is 1. The Morgan fingerprint density at radius 1 is 0.967 bits per heavy atom. The van der Waals surface area contributed by atoms with Crippen LogP contribution in [0.25, 0.3) is 0 Å². The molecule has 6 rings (SSSR count). The largest absolute Gasteiger partial charge is 0.467 e. The van der Waals surface area contributed by atoms with Crippen molar-refractivity contribution in [2.75, 3.05) is 7.11 Å². The van der Waals surface area contributed by atoms with E-state index in [1.54, 1.807) is 0 Å². The highest BCUT2D eigenvalue weighted by molar-refractivity contribution is 5.74. The van der Waals surface area contributed by atoms with Crippen LogP contribution in [-0.4, -0.2) is 24.2 Å². The summed E-state index contributed by atoms with van der Waals surface area (Å²) in [6, 6.07) is 8.56. The first kappa shape index (κ1) is 20.5. The molecular weight excluding hydrogens is 374 g/mol. The van der Waals surface area contributed by atoms with Crippen LogP contribution in [0.1, 0.15) is 83.8 Å². The maximum atomic E-state index is 12.9. The van der Waals surface area contributed by atoms with Gasteiger partial charge < -0.3 is 4.74 Å². The number of nitrogens with zero attached hydrogens (tertiary/aromatic N) is 1. The van der Waals surface area contributed by atoms with Crippen molar-refractivity contribution in [2.45, 2.75) is 89.8 Å². The average molecular weight is 412 g/mol. The lowest BCUT2D eigenvalue weighted by molar-refractivity contribution is -0.293.